The summed E-state index contributed by atoms with van der Waals surface area (Å²) in [5.41, 5.74) is 10.7. The molecule has 22 heavy (non-hydrogen) atoms. The van der Waals surface area contributed by atoms with Crippen LogP contribution in [0.5, 0.6) is 0 Å². The molecule has 0 saturated carbocycles. The Morgan fingerprint density at radius 2 is 2.00 bits per heavy atom. The van der Waals surface area contributed by atoms with Gasteiger partial charge in [-0.1, -0.05) is 13.3 Å². The smallest absolute Gasteiger partial charge is 0.350 e. The fourth-order valence-corrected chi connectivity index (χ4v) is 4.32. The average molecular weight is 318 g/mol. The topological polar surface area (TPSA) is 65.2 Å². The molecule has 4 nitrogen and oxygen atoms in total. The Balaban J connectivity index is 2.21. The van der Waals surface area contributed by atoms with Gasteiger partial charge in [0.1, 0.15) is 9.71 Å². The third kappa shape index (κ3) is 2.47. The summed E-state index contributed by atoms with van der Waals surface area (Å²) in [5.74, 6) is -0.329. The van der Waals surface area contributed by atoms with Crippen LogP contribution in [-0.2, 0) is 24.0 Å². The van der Waals surface area contributed by atoms with Gasteiger partial charge in [0.2, 0.25) is 0 Å². The van der Waals surface area contributed by atoms with Gasteiger partial charge in [0.15, 0.2) is 0 Å². The van der Waals surface area contributed by atoms with Crippen molar-refractivity contribution < 1.29 is 9.53 Å². The van der Waals surface area contributed by atoms with E-state index in [2.05, 4.69) is 6.92 Å². The number of nitrogens with zero attached hydrogens (tertiary/aromatic N) is 1. The molecule has 2 aromatic rings. The van der Waals surface area contributed by atoms with E-state index in [1.54, 1.807) is 6.92 Å². The Morgan fingerprint density at radius 1 is 1.27 bits per heavy atom. The highest BCUT2D eigenvalue weighted by Crippen LogP contribution is 2.40. The first kappa shape index (κ1) is 15.3. The highest BCUT2D eigenvalue weighted by molar-refractivity contribution is 7.21. The van der Waals surface area contributed by atoms with E-state index in [1.807, 2.05) is 0 Å². The fraction of sp³-hybridized carbons (Fsp3) is 0.529. The molecule has 0 saturated heterocycles. The van der Waals surface area contributed by atoms with E-state index in [1.165, 1.54) is 41.0 Å². The number of anilines is 1. The lowest BCUT2D eigenvalue weighted by molar-refractivity contribution is 0.0533. The molecule has 3 rings (SSSR count). The Labute approximate surface area is 134 Å². The van der Waals surface area contributed by atoms with Gasteiger partial charge in [0, 0.05) is 11.1 Å². The number of aryl methyl sites for hydroxylation is 2. The van der Waals surface area contributed by atoms with Crippen LogP contribution in [0.15, 0.2) is 0 Å². The molecule has 0 spiro atoms. The summed E-state index contributed by atoms with van der Waals surface area (Å²) in [4.78, 5) is 18.3. The van der Waals surface area contributed by atoms with E-state index in [-0.39, 0.29) is 5.97 Å². The van der Waals surface area contributed by atoms with Gasteiger partial charge in [-0.05, 0) is 50.2 Å². The number of nitrogens with two attached hydrogens (primary N) is 1. The molecule has 5 heteroatoms. The lowest BCUT2D eigenvalue weighted by Gasteiger charge is -2.20. The van der Waals surface area contributed by atoms with Gasteiger partial charge in [-0.2, -0.15) is 0 Å². The van der Waals surface area contributed by atoms with Gasteiger partial charge >= 0.3 is 5.97 Å². The first-order valence-electron chi connectivity index (χ1n) is 8.07. The van der Waals surface area contributed by atoms with E-state index in [0.717, 1.165) is 35.9 Å². The summed E-state index contributed by atoms with van der Waals surface area (Å²) >= 11 is 1.37. The first-order chi connectivity index (χ1) is 10.7. The average Bonchev–Trinajstić information content (AvgIpc) is 2.85. The van der Waals surface area contributed by atoms with Gasteiger partial charge in [0.05, 0.1) is 12.3 Å². The van der Waals surface area contributed by atoms with Crippen LogP contribution < -0.4 is 5.73 Å². The summed E-state index contributed by atoms with van der Waals surface area (Å²) in [7, 11) is 0. The zero-order valence-electron chi connectivity index (χ0n) is 13.2. The van der Waals surface area contributed by atoms with Gasteiger partial charge in [-0.25, -0.2) is 9.78 Å². The van der Waals surface area contributed by atoms with E-state index in [4.69, 9.17) is 15.5 Å². The number of hydrogen-bond acceptors (Lipinski definition) is 5. The first-order valence-corrected chi connectivity index (χ1v) is 8.88. The zero-order valence-corrected chi connectivity index (χ0v) is 14.0. The molecule has 2 N–H and O–H groups in total. The number of pyridine rings is 1. The summed E-state index contributed by atoms with van der Waals surface area (Å²) in [6.45, 7) is 4.34. The van der Waals surface area contributed by atoms with Crippen LogP contribution in [0, 0.1) is 0 Å². The number of hydrogen-bond donors (Lipinski definition) is 1. The molecular formula is C17H22N2O2S. The molecule has 0 amide bonds. The van der Waals surface area contributed by atoms with Crippen molar-refractivity contribution >= 4 is 33.2 Å². The Kier molecular flexibility index (Phi) is 4.34. The molecular weight excluding hydrogens is 296 g/mol. The van der Waals surface area contributed by atoms with E-state index in [0.29, 0.717) is 17.2 Å². The van der Waals surface area contributed by atoms with E-state index < -0.39 is 0 Å². The number of esters is 1. The van der Waals surface area contributed by atoms with Gasteiger partial charge < -0.3 is 10.5 Å². The van der Waals surface area contributed by atoms with Crippen LogP contribution in [0.4, 0.5) is 5.69 Å². The van der Waals surface area contributed by atoms with Crippen LogP contribution in [0.1, 0.15) is 59.6 Å². The van der Waals surface area contributed by atoms with Crippen LogP contribution in [0.3, 0.4) is 0 Å². The van der Waals surface area contributed by atoms with Crippen molar-refractivity contribution in [3.63, 3.8) is 0 Å². The highest BCUT2D eigenvalue weighted by atomic mass is 32.1. The molecule has 0 aliphatic heterocycles. The summed E-state index contributed by atoms with van der Waals surface area (Å²) < 4.78 is 5.12. The Morgan fingerprint density at radius 3 is 2.68 bits per heavy atom. The van der Waals surface area contributed by atoms with Crippen molar-refractivity contribution in [2.75, 3.05) is 12.3 Å². The number of aromatic nitrogens is 1. The molecule has 2 heterocycles. The maximum atomic E-state index is 12.1. The second kappa shape index (κ2) is 6.24. The van der Waals surface area contributed by atoms with Crippen molar-refractivity contribution in [3.8, 4) is 0 Å². The lowest BCUT2D eigenvalue weighted by atomic mass is 9.87. The lowest BCUT2D eigenvalue weighted by Crippen LogP contribution is -2.10. The maximum Gasteiger partial charge on any atom is 0.350 e. The van der Waals surface area contributed by atoms with E-state index >= 15 is 0 Å². The summed E-state index contributed by atoms with van der Waals surface area (Å²) in [6.07, 6.45) is 6.58. The largest absolute Gasteiger partial charge is 0.462 e. The number of thiophene rings is 1. The minimum Gasteiger partial charge on any atom is -0.462 e. The van der Waals surface area contributed by atoms with Crippen molar-refractivity contribution in [2.45, 2.75) is 52.4 Å². The summed E-state index contributed by atoms with van der Waals surface area (Å²) in [5, 5.41) is 1.00. The standard InChI is InChI=1S/C17H22N2O2S/c1-3-7-12-10-8-5-6-9-11(10)13-14(18)15(17(20)21-4-2)22-16(13)19-12/h3-9,18H2,1-2H3. The third-order valence-corrected chi connectivity index (χ3v) is 5.31. The van der Waals surface area contributed by atoms with Crippen LogP contribution in [0.25, 0.3) is 10.2 Å². The Hall–Kier alpha value is -1.62. The van der Waals surface area contributed by atoms with Crippen LogP contribution >= 0.6 is 11.3 Å². The predicted molar refractivity (Wildman–Crippen MR) is 90.6 cm³/mol. The normalized spacial score (nSPS) is 14.1. The number of ether oxygens (including phenoxy) is 1. The van der Waals surface area contributed by atoms with Gasteiger partial charge in [0.25, 0.3) is 0 Å². The monoisotopic (exact) mass is 318 g/mol. The maximum absolute atomic E-state index is 12.1. The quantitative estimate of drug-likeness (QED) is 0.869. The molecule has 0 fully saturated rings. The molecule has 1 aliphatic carbocycles. The molecule has 0 bridgehead atoms. The van der Waals surface area contributed by atoms with Gasteiger partial charge in [-0.15, -0.1) is 11.3 Å². The predicted octanol–water partition coefficient (Wildman–Crippen LogP) is 3.89. The van der Waals surface area contributed by atoms with Crippen molar-refractivity contribution in [1.29, 1.82) is 0 Å². The highest BCUT2D eigenvalue weighted by Gasteiger charge is 2.25. The Bertz CT molecular complexity index is 721. The number of nitrogen functional groups attached to an aromatic ring is 1. The minimum atomic E-state index is -0.329. The molecule has 0 radical (unpaired) electrons. The van der Waals surface area contributed by atoms with Crippen molar-refractivity contribution in [3.05, 3.63) is 21.7 Å². The SMILES string of the molecule is CCCc1nc2sc(C(=O)OCC)c(N)c2c2c1CCCC2. The zero-order chi connectivity index (χ0) is 15.7. The van der Waals surface area contributed by atoms with Crippen molar-refractivity contribution in [2.24, 2.45) is 0 Å². The minimum absolute atomic E-state index is 0.329. The second-order valence-corrected chi connectivity index (χ2v) is 6.72. The fourth-order valence-electron chi connectivity index (χ4n) is 3.28. The third-order valence-electron chi connectivity index (χ3n) is 4.23. The molecule has 1 aliphatic rings. The van der Waals surface area contributed by atoms with E-state index in [9.17, 15) is 4.79 Å². The molecule has 0 atom stereocenters. The second-order valence-electron chi connectivity index (χ2n) is 5.72. The van der Waals surface area contributed by atoms with Gasteiger partial charge in [-0.3, -0.25) is 0 Å². The molecule has 0 unspecified atom stereocenters. The van der Waals surface area contributed by atoms with Crippen molar-refractivity contribution in [1.82, 2.24) is 4.98 Å². The number of carbonyl (C=O) groups is 1. The summed E-state index contributed by atoms with van der Waals surface area (Å²) in [6, 6.07) is 0. The van der Waals surface area contributed by atoms with Crippen LogP contribution in [0.2, 0.25) is 0 Å². The number of rotatable bonds is 4. The number of carbonyl (C=O) groups excluding carboxylic acids is 1. The number of fused-ring (bicyclic) bond motifs is 3. The van der Waals surface area contributed by atoms with Crippen LogP contribution in [-0.4, -0.2) is 17.6 Å². The molecule has 2 aromatic heterocycles. The molecule has 118 valence electrons. The molecule has 0 aromatic carbocycles.